The zero-order chi connectivity index (χ0) is 18.1. The summed E-state index contributed by atoms with van der Waals surface area (Å²) in [5.41, 5.74) is 0.621. The zero-order valence-electron chi connectivity index (χ0n) is 13.9. The molecule has 3 aliphatic rings. The topological polar surface area (TPSA) is 84.0 Å². The van der Waals surface area contributed by atoms with Gasteiger partial charge in [-0.05, 0) is 26.0 Å². The molecule has 130 valence electrons. The van der Waals surface area contributed by atoms with Crippen molar-refractivity contribution >= 4 is 35.5 Å². The molecule has 0 bridgehead atoms. The van der Waals surface area contributed by atoms with Crippen LogP contribution in [0.15, 0.2) is 24.3 Å². The summed E-state index contributed by atoms with van der Waals surface area (Å²) in [4.78, 5) is 52.6. The molecule has 0 aromatic heterocycles. The van der Waals surface area contributed by atoms with Gasteiger partial charge in [0.15, 0.2) is 0 Å². The maximum absolute atomic E-state index is 12.7. The number of fused-ring (bicyclic) bond motifs is 2. The number of hydrogen-bond acceptors (Lipinski definition) is 6. The summed E-state index contributed by atoms with van der Waals surface area (Å²) < 4.78 is 4.26. The van der Waals surface area contributed by atoms with E-state index < -0.39 is 45.9 Å². The molecule has 0 unspecified atom stereocenters. The molecule has 8 heteroatoms. The molecule has 7 nitrogen and oxygen atoms in total. The van der Waals surface area contributed by atoms with Crippen molar-refractivity contribution in [3.63, 3.8) is 0 Å². The molecule has 3 amide bonds. The van der Waals surface area contributed by atoms with Crippen molar-refractivity contribution in [1.82, 2.24) is 9.80 Å². The van der Waals surface area contributed by atoms with Crippen LogP contribution in [0.4, 0.5) is 0 Å². The lowest BCUT2D eigenvalue weighted by Crippen LogP contribution is -2.71. The first-order chi connectivity index (χ1) is 11.8. The highest BCUT2D eigenvalue weighted by Crippen LogP contribution is 2.53. The third-order valence-electron chi connectivity index (χ3n) is 4.94. The van der Waals surface area contributed by atoms with E-state index in [-0.39, 0.29) is 0 Å². The Bertz CT molecular complexity index is 801. The number of thioether (sulfide) groups is 1. The fraction of sp³-hybridized carbons (Fsp3) is 0.412. The number of hydrogen-bond donors (Lipinski definition) is 0. The van der Waals surface area contributed by atoms with Gasteiger partial charge in [-0.3, -0.25) is 19.3 Å². The van der Waals surface area contributed by atoms with Gasteiger partial charge >= 0.3 is 5.97 Å². The summed E-state index contributed by atoms with van der Waals surface area (Å²) >= 11 is 1.41. The van der Waals surface area contributed by atoms with Crippen molar-refractivity contribution in [2.75, 3.05) is 7.11 Å². The molecule has 0 spiro atoms. The molecule has 1 aromatic carbocycles. The van der Waals surface area contributed by atoms with Crippen LogP contribution in [0.1, 0.15) is 34.6 Å². The van der Waals surface area contributed by atoms with Gasteiger partial charge < -0.3 is 9.64 Å². The second kappa shape index (κ2) is 5.08. The summed E-state index contributed by atoms with van der Waals surface area (Å²) in [6.07, 6.45) is 0. The fourth-order valence-corrected chi connectivity index (χ4v) is 5.45. The molecule has 0 aliphatic carbocycles. The van der Waals surface area contributed by atoms with Crippen LogP contribution >= 0.6 is 11.8 Å². The van der Waals surface area contributed by atoms with E-state index >= 15 is 0 Å². The number of nitrogens with zero attached hydrogens (tertiary/aromatic N) is 2. The first-order valence-electron chi connectivity index (χ1n) is 7.84. The van der Waals surface area contributed by atoms with Crippen LogP contribution in [0.5, 0.6) is 0 Å². The number of esters is 1. The van der Waals surface area contributed by atoms with Crippen molar-refractivity contribution < 1.29 is 23.9 Å². The van der Waals surface area contributed by atoms with E-state index in [1.807, 2.05) is 13.8 Å². The van der Waals surface area contributed by atoms with E-state index in [4.69, 9.17) is 4.74 Å². The maximum Gasteiger partial charge on any atom is 0.330 e. The Morgan fingerprint density at radius 1 is 1.12 bits per heavy atom. The minimum atomic E-state index is -0.883. The fourth-order valence-electron chi connectivity index (χ4n) is 3.78. The normalized spacial score (nSPS) is 29.4. The van der Waals surface area contributed by atoms with E-state index in [0.717, 1.165) is 4.90 Å². The van der Waals surface area contributed by atoms with Crippen LogP contribution in [0, 0.1) is 0 Å². The van der Waals surface area contributed by atoms with Gasteiger partial charge in [-0.25, -0.2) is 4.79 Å². The van der Waals surface area contributed by atoms with E-state index in [0.29, 0.717) is 11.1 Å². The van der Waals surface area contributed by atoms with Crippen molar-refractivity contribution in [3.8, 4) is 0 Å². The predicted molar refractivity (Wildman–Crippen MR) is 88.8 cm³/mol. The SMILES string of the molecule is COC(=O)[C@@H]1N2C(=O)[C@@H](N3C(=O)c4ccccc4C3=O)[C@H]2SC1(C)C. The van der Waals surface area contributed by atoms with Gasteiger partial charge in [0.05, 0.1) is 18.2 Å². The Balaban J connectivity index is 1.68. The third-order valence-corrected chi connectivity index (χ3v) is 6.50. The third kappa shape index (κ3) is 1.94. The average molecular weight is 360 g/mol. The van der Waals surface area contributed by atoms with Gasteiger partial charge in [-0.2, -0.15) is 0 Å². The van der Waals surface area contributed by atoms with E-state index in [9.17, 15) is 19.2 Å². The molecule has 4 rings (SSSR count). The van der Waals surface area contributed by atoms with Crippen LogP contribution in [-0.4, -0.2) is 62.8 Å². The van der Waals surface area contributed by atoms with Crippen LogP contribution < -0.4 is 0 Å². The highest BCUT2D eigenvalue weighted by molar-refractivity contribution is 8.01. The molecular weight excluding hydrogens is 344 g/mol. The molecule has 1 aromatic rings. The monoisotopic (exact) mass is 360 g/mol. The second-order valence-corrected chi connectivity index (χ2v) is 8.52. The second-order valence-electron chi connectivity index (χ2n) is 6.75. The molecule has 25 heavy (non-hydrogen) atoms. The predicted octanol–water partition coefficient (Wildman–Crippen LogP) is 0.886. The van der Waals surface area contributed by atoms with E-state index in [2.05, 4.69) is 0 Å². The lowest BCUT2D eigenvalue weighted by molar-refractivity contribution is -0.164. The Labute approximate surface area is 148 Å². The molecule has 3 atom stereocenters. The number of benzene rings is 1. The number of methoxy groups -OCH3 is 1. The molecule has 0 N–H and O–H groups in total. The Kier molecular flexibility index (Phi) is 3.28. The van der Waals surface area contributed by atoms with Gasteiger partial charge in [0.25, 0.3) is 17.7 Å². The minimum Gasteiger partial charge on any atom is -0.467 e. The molecule has 2 fully saturated rings. The zero-order valence-corrected chi connectivity index (χ0v) is 14.7. The summed E-state index contributed by atoms with van der Waals surface area (Å²) in [5.74, 6) is -1.81. The number of imide groups is 1. The highest BCUT2D eigenvalue weighted by atomic mass is 32.2. The lowest BCUT2D eigenvalue weighted by Gasteiger charge is -2.46. The van der Waals surface area contributed by atoms with Crippen LogP contribution in [0.3, 0.4) is 0 Å². The highest BCUT2D eigenvalue weighted by Gasteiger charge is 2.67. The number of β-lactam (4-membered cyclic amide) rings is 1. The van der Waals surface area contributed by atoms with Crippen molar-refractivity contribution in [1.29, 1.82) is 0 Å². The van der Waals surface area contributed by atoms with Gasteiger partial charge in [-0.1, -0.05) is 12.1 Å². The van der Waals surface area contributed by atoms with Crippen LogP contribution in [0.2, 0.25) is 0 Å². The Morgan fingerprint density at radius 3 is 2.20 bits per heavy atom. The Morgan fingerprint density at radius 2 is 1.68 bits per heavy atom. The quantitative estimate of drug-likeness (QED) is 0.442. The molecule has 3 aliphatic heterocycles. The largest absolute Gasteiger partial charge is 0.467 e. The standard InChI is InChI=1S/C17H16N2O5S/c1-17(2)11(16(23)24-3)19-14(22)10(15(19)25-17)18-12(20)8-6-4-5-7-9(8)13(18)21/h4-7,10-11,15H,1-3H3/t10-,11+,15-/m1/s1. The summed E-state index contributed by atoms with van der Waals surface area (Å²) in [5, 5.41) is -0.436. The smallest absolute Gasteiger partial charge is 0.330 e. The summed E-state index contributed by atoms with van der Waals surface area (Å²) in [6.45, 7) is 3.70. The van der Waals surface area contributed by atoms with Crippen molar-refractivity contribution in [2.45, 2.75) is 36.1 Å². The average Bonchev–Trinajstić information content (AvgIpc) is 2.98. The van der Waals surface area contributed by atoms with Crippen molar-refractivity contribution in [3.05, 3.63) is 35.4 Å². The number of carbonyl (C=O) groups is 4. The molecular formula is C17H16N2O5S. The number of amides is 3. The van der Waals surface area contributed by atoms with E-state index in [1.54, 1.807) is 24.3 Å². The van der Waals surface area contributed by atoms with Crippen LogP contribution in [-0.2, 0) is 14.3 Å². The molecule has 0 radical (unpaired) electrons. The summed E-state index contributed by atoms with van der Waals surface area (Å²) in [7, 11) is 1.28. The molecule has 3 heterocycles. The maximum atomic E-state index is 12.7. The molecule has 0 saturated carbocycles. The number of ether oxygens (including phenoxy) is 1. The number of rotatable bonds is 2. The van der Waals surface area contributed by atoms with Gasteiger partial charge in [0.2, 0.25) is 0 Å². The van der Waals surface area contributed by atoms with Crippen LogP contribution in [0.25, 0.3) is 0 Å². The van der Waals surface area contributed by atoms with Gasteiger partial charge in [0, 0.05) is 4.75 Å². The Hall–Kier alpha value is -2.35. The number of carbonyl (C=O) groups excluding carboxylic acids is 4. The minimum absolute atomic E-state index is 0.311. The van der Waals surface area contributed by atoms with Gasteiger partial charge in [0.1, 0.15) is 17.5 Å². The first-order valence-corrected chi connectivity index (χ1v) is 8.72. The van der Waals surface area contributed by atoms with Gasteiger partial charge in [-0.15, -0.1) is 11.8 Å². The summed E-state index contributed by atoms with van der Waals surface area (Å²) in [6, 6.07) is 4.92. The first kappa shape index (κ1) is 16.1. The molecule has 2 saturated heterocycles. The lowest BCUT2D eigenvalue weighted by atomic mass is 9.95. The van der Waals surface area contributed by atoms with E-state index in [1.165, 1.54) is 23.8 Å². The van der Waals surface area contributed by atoms with Crippen molar-refractivity contribution in [2.24, 2.45) is 0 Å².